The molecule has 5 nitrogen and oxygen atoms in total. The Kier molecular flexibility index (Phi) is 3.33. The van der Waals surface area contributed by atoms with Crippen molar-refractivity contribution in [3.8, 4) is 6.07 Å². The number of rotatable bonds is 3. The molecule has 0 heterocycles. The van der Waals surface area contributed by atoms with Crippen LogP contribution in [0, 0.1) is 16.2 Å². The van der Waals surface area contributed by atoms with Gasteiger partial charge in [0.15, 0.2) is 0 Å². The van der Waals surface area contributed by atoms with Crippen molar-refractivity contribution in [1.82, 2.24) is 0 Å². The van der Waals surface area contributed by atoms with Crippen molar-refractivity contribution in [2.45, 2.75) is 6.42 Å². The lowest BCUT2D eigenvalue weighted by Gasteiger charge is -2.00. The van der Waals surface area contributed by atoms with E-state index in [4.69, 9.17) is 5.26 Å². The SMILES string of the molecule is N#CCC(=O)Nc1ccc([NH+]=O)cc1. The number of hydrogen-bond acceptors (Lipinski definition) is 3. The average molecular weight is 190 g/mol. The Hall–Kier alpha value is -2.22. The van der Waals surface area contributed by atoms with Crippen molar-refractivity contribution in [2.75, 3.05) is 5.32 Å². The van der Waals surface area contributed by atoms with Gasteiger partial charge < -0.3 is 5.32 Å². The van der Waals surface area contributed by atoms with Gasteiger partial charge in [0, 0.05) is 27.9 Å². The predicted molar refractivity (Wildman–Crippen MR) is 49.3 cm³/mol. The summed E-state index contributed by atoms with van der Waals surface area (Å²) >= 11 is 0. The van der Waals surface area contributed by atoms with Crippen LogP contribution in [0.3, 0.4) is 0 Å². The van der Waals surface area contributed by atoms with Crippen LogP contribution < -0.4 is 10.5 Å². The van der Waals surface area contributed by atoms with E-state index in [2.05, 4.69) is 5.32 Å². The van der Waals surface area contributed by atoms with Crippen molar-refractivity contribution in [2.24, 2.45) is 0 Å². The van der Waals surface area contributed by atoms with Crippen LogP contribution in [-0.2, 0) is 4.79 Å². The number of nitriles is 1. The molecule has 1 aromatic rings. The minimum Gasteiger partial charge on any atom is -0.325 e. The Labute approximate surface area is 80.3 Å². The van der Waals surface area contributed by atoms with Crippen molar-refractivity contribution in [3.63, 3.8) is 0 Å². The standard InChI is InChI=1S/C9H7N3O2/c10-6-5-9(13)11-7-1-3-8(12-14)4-2-7/h1-4H,5H2,(H,11,13)/p+1. The molecule has 1 amide bonds. The lowest BCUT2D eigenvalue weighted by molar-refractivity contribution is -0.379. The van der Waals surface area contributed by atoms with E-state index in [0.29, 0.717) is 11.4 Å². The molecule has 0 radical (unpaired) electrons. The van der Waals surface area contributed by atoms with E-state index in [1.54, 1.807) is 23.4 Å². The maximum Gasteiger partial charge on any atom is 0.253 e. The summed E-state index contributed by atoms with van der Waals surface area (Å²) in [6.07, 6.45) is -0.179. The molecule has 0 aliphatic carbocycles. The molecule has 0 aliphatic heterocycles. The summed E-state index contributed by atoms with van der Waals surface area (Å²) in [7, 11) is 0. The van der Waals surface area contributed by atoms with Gasteiger partial charge in [-0.15, -0.1) is 0 Å². The molecular weight excluding hydrogens is 182 g/mol. The van der Waals surface area contributed by atoms with E-state index in [0.717, 1.165) is 0 Å². The molecule has 2 N–H and O–H groups in total. The summed E-state index contributed by atoms with van der Waals surface area (Å²) in [6, 6.07) is 7.97. The molecule has 0 fully saturated rings. The normalized spacial score (nSPS) is 8.79. The van der Waals surface area contributed by atoms with E-state index >= 15 is 0 Å². The van der Waals surface area contributed by atoms with E-state index in [-0.39, 0.29) is 12.3 Å². The average Bonchev–Trinajstić information content (AvgIpc) is 2.19. The fraction of sp³-hybridized carbons (Fsp3) is 0.111. The van der Waals surface area contributed by atoms with Crippen molar-refractivity contribution in [3.05, 3.63) is 29.2 Å². The molecule has 0 spiro atoms. The van der Waals surface area contributed by atoms with Crippen LogP contribution in [0.25, 0.3) is 0 Å². The van der Waals surface area contributed by atoms with E-state index < -0.39 is 0 Å². The monoisotopic (exact) mass is 190 g/mol. The third-order valence-electron chi connectivity index (χ3n) is 1.53. The summed E-state index contributed by atoms with van der Waals surface area (Å²) in [5.74, 6) is -0.365. The molecule has 1 aromatic carbocycles. The largest absolute Gasteiger partial charge is 0.325 e. The summed E-state index contributed by atoms with van der Waals surface area (Å²) in [4.78, 5) is 21.1. The minimum absolute atomic E-state index is 0.179. The van der Waals surface area contributed by atoms with Gasteiger partial charge in [-0.2, -0.15) is 5.26 Å². The molecule has 0 saturated heterocycles. The van der Waals surface area contributed by atoms with E-state index in [9.17, 15) is 9.70 Å². The second-order valence-electron chi connectivity index (χ2n) is 2.56. The van der Waals surface area contributed by atoms with Gasteiger partial charge in [0.05, 0.1) is 6.07 Å². The van der Waals surface area contributed by atoms with Gasteiger partial charge >= 0.3 is 0 Å². The number of nitroso groups, excluding NO2 is 1. The van der Waals surface area contributed by atoms with Crippen LogP contribution >= 0.6 is 0 Å². The minimum atomic E-state index is -0.365. The molecule has 0 bridgehead atoms. The molecule has 70 valence electrons. The van der Waals surface area contributed by atoms with Crippen LogP contribution in [-0.4, -0.2) is 5.91 Å². The molecule has 0 aliphatic rings. The number of carbonyl (C=O) groups excluding carboxylic acids is 1. The number of anilines is 1. The molecule has 0 saturated carbocycles. The molecule has 5 heteroatoms. The number of nitrogens with zero attached hydrogens (tertiary/aromatic N) is 1. The van der Waals surface area contributed by atoms with Crippen LogP contribution in [0.1, 0.15) is 6.42 Å². The van der Waals surface area contributed by atoms with Gasteiger partial charge in [0.2, 0.25) is 5.91 Å². The summed E-state index contributed by atoms with van der Waals surface area (Å²) in [5, 5.41) is 12.5. The first-order chi connectivity index (χ1) is 6.76. The van der Waals surface area contributed by atoms with Crippen LogP contribution in [0.4, 0.5) is 11.4 Å². The summed E-state index contributed by atoms with van der Waals surface area (Å²) in [5.41, 5.74) is 0.979. The number of hydrogen-bond donors (Lipinski definition) is 2. The van der Waals surface area contributed by atoms with E-state index in [1.165, 1.54) is 12.1 Å². The summed E-state index contributed by atoms with van der Waals surface area (Å²) < 4.78 is 0. The van der Waals surface area contributed by atoms with Gasteiger partial charge in [-0.05, 0) is 12.1 Å². The summed E-state index contributed by atoms with van der Waals surface area (Å²) in [6.45, 7) is 0. The predicted octanol–water partition coefficient (Wildman–Crippen LogP) is 0.0173. The maximum absolute atomic E-state index is 11.0. The molecule has 14 heavy (non-hydrogen) atoms. The van der Waals surface area contributed by atoms with Gasteiger partial charge in [-0.25, -0.2) is 0 Å². The Morgan fingerprint density at radius 1 is 1.43 bits per heavy atom. The number of benzene rings is 1. The molecule has 0 aromatic heterocycles. The zero-order valence-electron chi connectivity index (χ0n) is 7.28. The first kappa shape index (κ1) is 9.86. The highest BCUT2D eigenvalue weighted by molar-refractivity contribution is 5.92. The topological polar surface area (TPSA) is 83.9 Å². The zero-order chi connectivity index (χ0) is 10.4. The highest BCUT2D eigenvalue weighted by atomic mass is 16.3. The third-order valence-corrected chi connectivity index (χ3v) is 1.53. The molecular formula is C9H8N3O2+. The Balaban J connectivity index is 2.65. The Morgan fingerprint density at radius 3 is 2.57 bits per heavy atom. The Bertz CT molecular complexity index is 378. The van der Waals surface area contributed by atoms with E-state index in [1.807, 2.05) is 0 Å². The van der Waals surface area contributed by atoms with Gasteiger partial charge in [0.1, 0.15) is 6.42 Å². The van der Waals surface area contributed by atoms with Gasteiger partial charge in [0.25, 0.3) is 5.69 Å². The van der Waals surface area contributed by atoms with Crippen molar-refractivity contribution < 1.29 is 9.97 Å². The first-order valence-electron chi connectivity index (χ1n) is 3.91. The lowest BCUT2D eigenvalue weighted by atomic mass is 10.3. The number of nitrogens with one attached hydrogen (secondary N) is 2. The van der Waals surface area contributed by atoms with Crippen LogP contribution in [0.15, 0.2) is 24.3 Å². The third kappa shape index (κ3) is 2.68. The number of carbonyl (C=O) groups is 1. The van der Waals surface area contributed by atoms with Gasteiger partial charge in [-0.3, -0.25) is 4.79 Å². The van der Waals surface area contributed by atoms with Crippen LogP contribution in [0.2, 0.25) is 0 Å². The molecule has 0 atom stereocenters. The first-order valence-corrected chi connectivity index (χ1v) is 3.91. The zero-order valence-corrected chi connectivity index (χ0v) is 7.28. The van der Waals surface area contributed by atoms with Crippen molar-refractivity contribution >= 4 is 17.3 Å². The highest BCUT2D eigenvalue weighted by Crippen LogP contribution is 2.09. The second-order valence-corrected chi connectivity index (χ2v) is 2.56. The molecule has 1 rings (SSSR count). The second kappa shape index (κ2) is 4.72. The van der Waals surface area contributed by atoms with Crippen LogP contribution in [0.5, 0.6) is 0 Å². The molecule has 0 unspecified atom stereocenters. The lowest BCUT2D eigenvalue weighted by Crippen LogP contribution is -2.55. The fourth-order valence-electron chi connectivity index (χ4n) is 0.899. The maximum atomic E-state index is 11.0. The smallest absolute Gasteiger partial charge is 0.253 e. The van der Waals surface area contributed by atoms with Gasteiger partial charge in [-0.1, -0.05) is 0 Å². The highest BCUT2D eigenvalue weighted by Gasteiger charge is 2.02. The quantitative estimate of drug-likeness (QED) is 0.704. The van der Waals surface area contributed by atoms with Crippen molar-refractivity contribution in [1.29, 1.82) is 5.26 Å². The Morgan fingerprint density at radius 2 is 2.07 bits per heavy atom. The number of amides is 1. The fourth-order valence-corrected chi connectivity index (χ4v) is 0.899.